The van der Waals surface area contributed by atoms with Gasteiger partial charge in [-0.25, -0.2) is 0 Å². The zero-order chi connectivity index (χ0) is 13.5. The average molecular weight is 260 g/mol. The van der Waals surface area contributed by atoms with Gasteiger partial charge in [-0.15, -0.1) is 0 Å². The fraction of sp³-hybridized carbons (Fsp3) is 0.647. The fourth-order valence-corrected chi connectivity index (χ4v) is 3.10. The standard InChI is InChI=1S/C17H28N2/c1-3-19(4-2)17-11-9-16(10-12-17)18-14-13-15-7-5-6-8-15/h9-12,15,18H,3-8,13-14H2,1-2H3. The highest BCUT2D eigenvalue weighted by Crippen LogP contribution is 2.27. The normalized spacial score (nSPS) is 15.7. The first-order valence-electron chi connectivity index (χ1n) is 7.92. The number of nitrogens with one attached hydrogen (secondary N) is 1. The number of rotatable bonds is 7. The quantitative estimate of drug-likeness (QED) is 0.775. The van der Waals surface area contributed by atoms with E-state index in [1.54, 1.807) is 0 Å². The van der Waals surface area contributed by atoms with Gasteiger partial charge >= 0.3 is 0 Å². The van der Waals surface area contributed by atoms with Gasteiger partial charge in [-0.3, -0.25) is 0 Å². The van der Waals surface area contributed by atoms with Crippen LogP contribution in [0.1, 0.15) is 46.0 Å². The molecular weight excluding hydrogens is 232 g/mol. The molecule has 0 bridgehead atoms. The van der Waals surface area contributed by atoms with E-state index >= 15 is 0 Å². The first-order valence-corrected chi connectivity index (χ1v) is 7.92. The van der Waals surface area contributed by atoms with Gasteiger partial charge in [-0.2, -0.15) is 0 Å². The lowest BCUT2D eigenvalue weighted by molar-refractivity contribution is 0.518. The molecule has 1 N–H and O–H groups in total. The summed E-state index contributed by atoms with van der Waals surface area (Å²) in [6.45, 7) is 7.68. The van der Waals surface area contributed by atoms with Crippen molar-refractivity contribution in [3.8, 4) is 0 Å². The zero-order valence-corrected chi connectivity index (χ0v) is 12.5. The largest absolute Gasteiger partial charge is 0.385 e. The lowest BCUT2D eigenvalue weighted by Crippen LogP contribution is -2.21. The molecule has 0 saturated heterocycles. The number of anilines is 2. The molecular formula is C17H28N2. The molecule has 0 radical (unpaired) electrons. The summed E-state index contributed by atoms with van der Waals surface area (Å²) in [5.74, 6) is 0.974. The molecule has 0 heterocycles. The van der Waals surface area contributed by atoms with Gasteiger partial charge in [0.25, 0.3) is 0 Å². The molecule has 2 heteroatoms. The minimum atomic E-state index is 0.974. The van der Waals surface area contributed by atoms with Gasteiger partial charge in [-0.1, -0.05) is 25.7 Å². The highest BCUT2D eigenvalue weighted by atomic mass is 15.1. The SMILES string of the molecule is CCN(CC)c1ccc(NCCC2CCCC2)cc1. The smallest absolute Gasteiger partial charge is 0.0367 e. The average Bonchev–Trinajstić information content (AvgIpc) is 2.95. The maximum atomic E-state index is 3.56. The van der Waals surface area contributed by atoms with E-state index in [0.717, 1.165) is 25.6 Å². The molecule has 106 valence electrons. The summed E-state index contributed by atoms with van der Waals surface area (Å²) in [4.78, 5) is 2.38. The van der Waals surface area contributed by atoms with Crippen molar-refractivity contribution >= 4 is 11.4 Å². The van der Waals surface area contributed by atoms with Crippen molar-refractivity contribution in [3.05, 3.63) is 24.3 Å². The molecule has 0 spiro atoms. The van der Waals surface area contributed by atoms with Gasteiger partial charge < -0.3 is 10.2 Å². The van der Waals surface area contributed by atoms with Crippen molar-refractivity contribution in [1.29, 1.82) is 0 Å². The van der Waals surface area contributed by atoms with Crippen molar-refractivity contribution in [3.63, 3.8) is 0 Å². The molecule has 0 amide bonds. The van der Waals surface area contributed by atoms with Crippen LogP contribution in [0.5, 0.6) is 0 Å². The molecule has 0 aliphatic heterocycles. The molecule has 0 unspecified atom stereocenters. The van der Waals surface area contributed by atoms with Gasteiger partial charge in [0.2, 0.25) is 0 Å². The maximum absolute atomic E-state index is 3.56. The molecule has 2 rings (SSSR count). The van der Waals surface area contributed by atoms with E-state index in [9.17, 15) is 0 Å². The summed E-state index contributed by atoms with van der Waals surface area (Å²) in [5.41, 5.74) is 2.58. The summed E-state index contributed by atoms with van der Waals surface area (Å²) < 4.78 is 0. The Kier molecular flexibility index (Phi) is 5.56. The number of hydrogen-bond acceptors (Lipinski definition) is 2. The fourth-order valence-electron chi connectivity index (χ4n) is 3.10. The Bertz CT molecular complexity index is 348. The van der Waals surface area contributed by atoms with E-state index in [4.69, 9.17) is 0 Å². The van der Waals surface area contributed by atoms with E-state index in [2.05, 4.69) is 48.3 Å². The Hall–Kier alpha value is -1.18. The number of hydrogen-bond donors (Lipinski definition) is 1. The van der Waals surface area contributed by atoms with Gasteiger partial charge in [0.1, 0.15) is 0 Å². The Labute approximate surface area is 118 Å². The van der Waals surface area contributed by atoms with Crippen LogP contribution in [0.15, 0.2) is 24.3 Å². The van der Waals surface area contributed by atoms with Crippen LogP contribution >= 0.6 is 0 Å². The van der Waals surface area contributed by atoms with Crippen molar-refractivity contribution in [1.82, 2.24) is 0 Å². The molecule has 1 aromatic carbocycles. The minimum absolute atomic E-state index is 0.974. The van der Waals surface area contributed by atoms with Crippen LogP contribution < -0.4 is 10.2 Å². The van der Waals surface area contributed by atoms with E-state index in [-0.39, 0.29) is 0 Å². The van der Waals surface area contributed by atoms with Crippen LogP contribution in [-0.4, -0.2) is 19.6 Å². The molecule has 1 saturated carbocycles. The first-order chi connectivity index (χ1) is 9.33. The summed E-state index contributed by atoms with van der Waals surface area (Å²) in [6, 6.07) is 8.88. The van der Waals surface area contributed by atoms with Crippen molar-refractivity contribution in [2.75, 3.05) is 29.9 Å². The van der Waals surface area contributed by atoms with Crippen molar-refractivity contribution in [2.24, 2.45) is 5.92 Å². The lowest BCUT2D eigenvalue weighted by atomic mass is 10.0. The molecule has 1 aliphatic carbocycles. The summed E-state index contributed by atoms with van der Waals surface area (Å²) >= 11 is 0. The van der Waals surface area contributed by atoms with Gasteiger partial charge in [-0.05, 0) is 50.5 Å². The van der Waals surface area contributed by atoms with Crippen LogP contribution in [0.4, 0.5) is 11.4 Å². The third kappa shape index (κ3) is 4.15. The van der Waals surface area contributed by atoms with Crippen LogP contribution in [0.2, 0.25) is 0 Å². The number of nitrogens with zero attached hydrogens (tertiary/aromatic N) is 1. The summed E-state index contributed by atoms with van der Waals surface area (Å²) in [5, 5.41) is 3.56. The van der Waals surface area contributed by atoms with Crippen molar-refractivity contribution < 1.29 is 0 Å². The molecule has 1 aliphatic rings. The van der Waals surface area contributed by atoms with E-state index in [1.807, 2.05) is 0 Å². The highest BCUT2D eigenvalue weighted by Gasteiger charge is 2.13. The van der Waals surface area contributed by atoms with E-state index in [0.29, 0.717) is 0 Å². The monoisotopic (exact) mass is 260 g/mol. The summed E-state index contributed by atoms with van der Waals surface area (Å²) in [7, 11) is 0. The predicted octanol–water partition coefficient (Wildman–Crippen LogP) is 4.53. The Morgan fingerprint density at radius 1 is 1.05 bits per heavy atom. The lowest BCUT2D eigenvalue weighted by Gasteiger charge is -2.21. The molecule has 0 atom stereocenters. The molecule has 1 fully saturated rings. The van der Waals surface area contributed by atoms with Gasteiger partial charge in [0.05, 0.1) is 0 Å². The predicted molar refractivity (Wildman–Crippen MR) is 85.1 cm³/mol. The van der Waals surface area contributed by atoms with Gasteiger partial charge in [0.15, 0.2) is 0 Å². The second kappa shape index (κ2) is 7.42. The van der Waals surface area contributed by atoms with Crippen LogP contribution in [-0.2, 0) is 0 Å². The first kappa shape index (κ1) is 14.2. The molecule has 1 aromatic rings. The molecule has 19 heavy (non-hydrogen) atoms. The third-order valence-corrected chi connectivity index (χ3v) is 4.35. The third-order valence-electron chi connectivity index (χ3n) is 4.35. The van der Waals surface area contributed by atoms with Crippen LogP contribution in [0.3, 0.4) is 0 Å². The van der Waals surface area contributed by atoms with Crippen LogP contribution in [0, 0.1) is 5.92 Å². The maximum Gasteiger partial charge on any atom is 0.0367 e. The van der Waals surface area contributed by atoms with Gasteiger partial charge in [0, 0.05) is 31.0 Å². The Balaban J connectivity index is 1.77. The Morgan fingerprint density at radius 3 is 2.26 bits per heavy atom. The van der Waals surface area contributed by atoms with E-state index in [1.165, 1.54) is 43.5 Å². The Morgan fingerprint density at radius 2 is 1.68 bits per heavy atom. The summed E-state index contributed by atoms with van der Waals surface area (Å²) in [6.07, 6.45) is 7.12. The zero-order valence-electron chi connectivity index (χ0n) is 12.5. The molecule has 0 aromatic heterocycles. The highest BCUT2D eigenvalue weighted by molar-refractivity contribution is 5.54. The number of benzene rings is 1. The molecule has 2 nitrogen and oxygen atoms in total. The topological polar surface area (TPSA) is 15.3 Å². The van der Waals surface area contributed by atoms with Crippen molar-refractivity contribution in [2.45, 2.75) is 46.0 Å². The van der Waals surface area contributed by atoms with E-state index < -0.39 is 0 Å². The second-order valence-corrected chi connectivity index (χ2v) is 5.59. The minimum Gasteiger partial charge on any atom is -0.385 e. The second-order valence-electron chi connectivity index (χ2n) is 5.59. The van der Waals surface area contributed by atoms with Crippen LogP contribution in [0.25, 0.3) is 0 Å².